The summed E-state index contributed by atoms with van der Waals surface area (Å²) in [5.74, 6) is -0.133. The van der Waals surface area contributed by atoms with Crippen LogP contribution in [0.25, 0.3) is 5.52 Å². The molecule has 0 aliphatic carbocycles. The summed E-state index contributed by atoms with van der Waals surface area (Å²) in [7, 11) is 1.64. The van der Waals surface area contributed by atoms with Crippen LogP contribution in [0.1, 0.15) is 27.3 Å². The zero-order valence-electron chi connectivity index (χ0n) is 13.1. The van der Waals surface area contributed by atoms with Gasteiger partial charge < -0.3 is 10.2 Å². The topological polar surface area (TPSA) is 84.5 Å². The SMILES string of the molecule is Cn1ncc(C(=O)N2CCC2)c1C(=O)Nc1cc2ccccn2n1. The molecular weight excluding hydrogens is 308 g/mol. The molecular formula is C16H16N6O2. The summed E-state index contributed by atoms with van der Waals surface area (Å²) < 4.78 is 3.09. The van der Waals surface area contributed by atoms with Crippen molar-refractivity contribution in [3.05, 3.63) is 47.9 Å². The molecule has 8 heteroatoms. The van der Waals surface area contributed by atoms with Gasteiger partial charge in [0.2, 0.25) is 0 Å². The van der Waals surface area contributed by atoms with Crippen molar-refractivity contribution in [2.24, 2.45) is 7.05 Å². The van der Waals surface area contributed by atoms with Crippen molar-refractivity contribution in [1.82, 2.24) is 24.3 Å². The Bertz CT molecular complexity index is 904. The highest BCUT2D eigenvalue weighted by atomic mass is 16.2. The number of anilines is 1. The van der Waals surface area contributed by atoms with Crippen LogP contribution >= 0.6 is 0 Å². The summed E-state index contributed by atoms with van der Waals surface area (Å²) in [4.78, 5) is 26.8. The van der Waals surface area contributed by atoms with Crippen molar-refractivity contribution < 1.29 is 9.59 Å². The third kappa shape index (κ3) is 2.32. The molecule has 1 aliphatic rings. The van der Waals surface area contributed by atoms with E-state index >= 15 is 0 Å². The summed E-state index contributed by atoms with van der Waals surface area (Å²) in [6, 6.07) is 7.42. The van der Waals surface area contributed by atoms with Gasteiger partial charge in [0.25, 0.3) is 11.8 Å². The van der Waals surface area contributed by atoms with Gasteiger partial charge in [0.05, 0.1) is 17.3 Å². The molecule has 1 fully saturated rings. The molecule has 1 saturated heterocycles. The predicted molar refractivity (Wildman–Crippen MR) is 86.9 cm³/mol. The Morgan fingerprint density at radius 2 is 2.08 bits per heavy atom. The Morgan fingerprint density at radius 3 is 2.79 bits per heavy atom. The van der Waals surface area contributed by atoms with Gasteiger partial charge in [-0.1, -0.05) is 6.07 Å². The summed E-state index contributed by atoms with van der Waals surface area (Å²) in [6.45, 7) is 1.45. The van der Waals surface area contributed by atoms with Gasteiger partial charge in [0.1, 0.15) is 5.69 Å². The maximum atomic E-state index is 12.6. The minimum Gasteiger partial charge on any atom is -0.338 e. The fraction of sp³-hybridized carbons (Fsp3) is 0.250. The lowest BCUT2D eigenvalue weighted by Gasteiger charge is -2.30. The van der Waals surface area contributed by atoms with Gasteiger partial charge in [-0.05, 0) is 18.6 Å². The molecule has 0 spiro atoms. The minimum atomic E-state index is -0.401. The molecule has 0 saturated carbocycles. The number of aryl methyl sites for hydroxylation is 1. The number of hydrogen-bond donors (Lipinski definition) is 1. The molecule has 0 radical (unpaired) electrons. The Hall–Kier alpha value is -3.16. The second-order valence-electron chi connectivity index (χ2n) is 5.73. The first-order valence-corrected chi connectivity index (χ1v) is 7.70. The van der Waals surface area contributed by atoms with E-state index in [2.05, 4.69) is 15.5 Å². The predicted octanol–water partition coefficient (Wildman–Crippen LogP) is 1.17. The summed E-state index contributed by atoms with van der Waals surface area (Å²) in [5, 5.41) is 11.1. The van der Waals surface area contributed by atoms with E-state index in [1.54, 1.807) is 28.7 Å². The van der Waals surface area contributed by atoms with Crippen molar-refractivity contribution in [2.75, 3.05) is 18.4 Å². The number of nitrogens with zero attached hydrogens (tertiary/aromatic N) is 5. The van der Waals surface area contributed by atoms with Crippen molar-refractivity contribution >= 4 is 23.1 Å². The fourth-order valence-corrected chi connectivity index (χ4v) is 2.73. The average Bonchev–Trinajstić information content (AvgIpc) is 3.07. The zero-order valence-corrected chi connectivity index (χ0v) is 13.1. The van der Waals surface area contributed by atoms with Crippen molar-refractivity contribution in [1.29, 1.82) is 0 Å². The third-order valence-corrected chi connectivity index (χ3v) is 4.14. The summed E-state index contributed by atoms with van der Waals surface area (Å²) in [5.41, 5.74) is 1.43. The molecule has 1 N–H and O–H groups in total. The molecule has 2 amide bonds. The summed E-state index contributed by atoms with van der Waals surface area (Å²) in [6.07, 6.45) is 4.24. The van der Waals surface area contributed by atoms with Crippen LogP contribution < -0.4 is 5.32 Å². The number of pyridine rings is 1. The monoisotopic (exact) mass is 324 g/mol. The van der Waals surface area contributed by atoms with E-state index in [1.165, 1.54) is 10.9 Å². The molecule has 0 bridgehead atoms. The number of rotatable bonds is 3. The Morgan fingerprint density at radius 1 is 1.25 bits per heavy atom. The smallest absolute Gasteiger partial charge is 0.275 e. The molecule has 24 heavy (non-hydrogen) atoms. The van der Waals surface area contributed by atoms with Gasteiger partial charge in [0, 0.05) is 32.4 Å². The zero-order chi connectivity index (χ0) is 16.7. The van der Waals surface area contributed by atoms with Crippen molar-refractivity contribution in [2.45, 2.75) is 6.42 Å². The van der Waals surface area contributed by atoms with Crippen LogP contribution in [-0.4, -0.2) is 49.2 Å². The van der Waals surface area contributed by atoms with Crippen LogP contribution in [0.3, 0.4) is 0 Å². The van der Waals surface area contributed by atoms with Crippen LogP contribution in [0.15, 0.2) is 36.7 Å². The molecule has 122 valence electrons. The first-order valence-electron chi connectivity index (χ1n) is 7.70. The van der Waals surface area contributed by atoms with Gasteiger partial charge in [-0.2, -0.15) is 10.2 Å². The van der Waals surface area contributed by atoms with E-state index in [0.717, 1.165) is 25.0 Å². The molecule has 0 unspecified atom stereocenters. The molecule has 3 aromatic heterocycles. The number of carbonyl (C=O) groups excluding carboxylic acids is 2. The molecule has 1 aliphatic heterocycles. The number of amides is 2. The molecule has 3 aromatic rings. The Balaban J connectivity index is 1.62. The Labute approximate surface area is 137 Å². The lowest BCUT2D eigenvalue weighted by Crippen LogP contribution is -2.42. The first kappa shape index (κ1) is 14.4. The highest BCUT2D eigenvalue weighted by Crippen LogP contribution is 2.18. The second-order valence-corrected chi connectivity index (χ2v) is 5.73. The highest BCUT2D eigenvalue weighted by Gasteiger charge is 2.28. The van der Waals surface area contributed by atoms with E-state index in [1.807, 2.05) is 18.2 Å². The van der Waals surface area contributed by atoms with E-state index in [0.29, 0.717) is 11.4 Å². The normalized spacial score (nSPS) is 13.8. The van der Waals surface area contributed by atoms with E-state index in [4.69, 9.17) is 0 Å². The number of nitrogens with one attached hydrogen (secondary N) is 1. The average molecular weight is 324 g/mol. The minimum absolute atomic E-state index is 0.158. The van der Waals surface area contributed by atoms with Crippen LogP contribution in [0.5, 0.6) is 0 Å². The quantitative estimate of drug-likeness (QED) is 0.784. The first-order chi connectivity index (χ1) is 11.6. The maximum absolute atomic E-state index is 12.6. The van der Waals surface area contributed by atoms with Crippen LogP contribution in [0.2, 0.25) is 0 Å². The molecule has 0 aromatic carbocycles. The van der Waals surface area contributed by atoms with Gasteiger partial charge in [-0.25, -0.2) is 4.52 Å². The number of hydrogen-bond acceptors (Lipinski definition) is 4. The standard InChI is InChI=1S/C16H16N6O2/c1-20-14(12(10-17-20)16(24)21-6-4-7-21)15(23)18-13-9-11-5-2-3-8-22(11)19-13/h2-3,5,8-10H,4,6-7H2,1H3,(H,18,19,23). The number of carbonyl (C=O) groups is 2. The van der Waals surface area contributed by atoms with Crippen molar-refractivity contribution in [3.8, 4) is 0 Å². The van der Waals surface area contributed by atoms with Crippen LogP contribution in [-0.2, 0) is 7.05 Å². The summed E-state index contributed by atoms with van der Waals surface area (Å²) >= 11 is 0. The fourth-order valence-electron chi connectivity index (χ4n) is 2.73. The second kappa shape index (κ2) is 5.48. The molecule has 8 nitrogen and oxygen atoms in total. The third-order valence-electron chi connectivity index (χ3n) is 4.14. The maximum Gasteiger partial charge on any atom is 0.275 e. The largest absolute Gasteiger partial charge is 0.338 e. The highest BCUT2D eigenvalue weighted by molar-refractivity contribution is 6.11. The molecule has 4 heterocycles. The van der Waals surface area contributed by atoms with Crippen molar-refractivity contribution in [3.63, 3.8) is 0 Å². The van der Waals surface area contributed by atoms with Gasteiger partial charge in [-0.15, -0.1) is 0 Å². The van der Waals surface area contributed by atoms with E-state index in [9.17, 15) is 9.59 Å². The van der Waals surface area contributed by atoms with Gasteiger partial charge in [-0.3, -0.25) is 14.3 Å². The van der Waals surface area contributed by atoms with Gasteiger partial charge >= 0.3 is 0 Å². The van der Waals surface area contributed by atoms with E-state index < -0.39 is 5.91 Å². The number of fused-ring (bicyclic) bond motifs is 1. The number of likely N-dealkylation sites (tertiary alicyclic amines) is 1. The van der Waals surface area contributed by atoms with Crippen LogP contribution in [0, 0.1) is 0 Å². The number of aromatic nitrogens is 4. The molecule has 4 rings (SSSR count). The lowest BCUT2D eigenvalue weighted by molar-refractivity contribution is 0.0648. The van der Waals surface area contributed by atoms with Crippen LogP contribution in [0.4, 0.5) is 5.82 Å². The lowest BCUT2D eigenvalue weighted by atomic mass is 10.1. The van der Waals surface area contributed by atoms with Gasteiger partial charge in [0.15, 0.2) is 5.82 Å². The molecule has 0 atom stereocenters. The van der Waals surface area contributed by atoms with E-state index in [-0.39, 0.29) is 11.6 Å². The Kier molecular flexibility index (Phi) is 3.30.